The van der Waals surface area contributed by atoms with Crippen LogP contribution in [0.15, 0.2) is 29.3 Å². The van der Waals surface area contributed by atoms with Crippen molar-refractivity contribution >= 4 is 41.0 Å². The molecule has 1 aromatic rings. The van der Waals surface area contributed by atoms with E-state index in [-0.39, 0.29) is 18.2 Å². The minimum Gasteiger partial charge on any atom is -0.453 e. The van der Waals surface area contributed by atoms with Gasteiger partial charge in [0.1, 0.15) is 12.1 Å². The van der Waals surface area contributed by atoms with Crippen LogP contribution in [0.1, 0.15) is 32.8 Å². The second-order valence-corrected chi connectivity index (χ2v) is 9.50. The van der Waals surface area contributed by atoms with Crippen molar-refractivity contribution in [2.24, 2.45) is 16.6 Å². The zero-order chi connectivity index (χ0) is 28.4. The first-order chi connectivity index (χ1) is 18.0. The zero-order valence-corrected chi connectivity index (χ0v) is 23.7. The lowest BCUT2D eigenvalue weighted by molar-refractivity contribution is -0.0571. The van der Waals surface area contributed by atoms with E-state index in [4.69, 9.17) is 41.4 Å². The molecule has 1 aliphatic heterocycles. The third-order valence-corrected chi connectivity index (χ3v) is 6.71. The predicted octanol–water partition coefficient (Wildman–Crippen LogP) is 3.48. The van der Waals surface area contributed by atoms with Crippen LogP contribution in [0, 0.1) is 5.92 Å². The minimum atomic E-state index is -0.865. The largest absolute Gasteiger partial charge is 0.453 e. The first kappa shape index (κ1) is 31.3. The molecule has 0 radical (unpaired) electrons. The Bertz CT molecular complexity index is 1020. The van der Waals surface area contributed by atoms with E-state index in [1.807, 2.05) is 31.9 Å². The van der Waals surface area contributed by atoms with E-state index >= 15 is 0 Å². The number of benzene rings is 1. The second kappa shape index (κ2) is 14.9. The van der Waals surface area contributed by atoms with Gasteiger partial charge in [0.25, 0.3) is 0 Å². The number of amidine groups is 1. The number of aliphatic imine (C=N–C) groups is 1. The third-order valence-electron chi connectivity index (χ3n) is 6.48. The summed E-state index contributed by atoms with van der Waals surface area (Å²) in [5.41, 5.74) is 9.47. The van der Waals surface area contributed by atoms with Crippen molar-refractivity contribution in [1.29, 1.82) is 0 Å². The molecule has 2 amide bonds. The Morgan fingerprint density at radius 1 is 1.26 bits per heavy atom. The molecule has 1 aromatic carbocycles. The average molecular weight is 555 g/mol. The lowest BCUT2D eigenvalue weighted by atomic mass is 10.0. The summed E-state index contributed by atoms with van der Waals surface area (Å²) in [4.78, 5) is 36.3. The van der Waals surface area contributed by atoms with E-state index < -0.39 is 18.4 Å². The molecule has 4 unspecified atom stereocenters. The number of anilines is 1. The first-order valence-corrected chi connectivity index (χ1v) is 12.5. The molecule has 0 aromatic heterocycles. The highest BCUT2D eigenvalue weighted by atomic mass is 35.5. The molecule has 1 aliphatic rings. The fourth-order valence-corrected chi connectivity index (χ4v) is 4.07. The maximum Gasteiger partial charge on any atom is 0.423 e. The van der Waals surface area contributed by atoms with Gasteiger partial charge < -0.3 is 29.7 Å². The van der Waals surface area contributed by atoms with E-state index in [1.54, 1.807) is 32.4 Å². The van der Waals surface area contributed by atoms with Crippen molar-refractivity contribution < 1.29 is 28.6 Å². The Kier molecular flexibility index (Phi) is 12.3. The SMILES string of the molecule is COC(=O)Nc1cc(Cl)ccc1C1=CC(OC)N(CC(OC)N(C)CCC(C)C(C)NOC(N)=O)C(C)=N1. The molecule has 4 N–H and O–H groups in total. The number of nitrogens with zero attached hydrogens (tertiary/aromatic N) is 3. The number of carbonyl (C=O) groups excluding carboxylic acids is 2. The third kappa shape index (κ3) is 8.84. The van der Waals surface area contributed by atoms with Crippen LogP contribution in [-0.4, -0.2) is 87.8 Å². The van der Waals surface area contributed by atoms with Crippen molar-refractivity contribution in [2.45, 2.75) is 45.7 Å². The summed E-state index contributed by atoms with van der Waals surface area (Å²) in [6.07, 6.45) is 0.544. The molecule has 4 atom stereocenters. The van der Waals surface area contributed by atoms with E-state index in [0.29, 0.717) is 28.5 Å². The van der Waals surface area contributed by atoms with Crippen LogP contribution in [0.25, 0.3) is 5.70 Å². The van der Waals surface area contributed by atoms with Crippen LogP contribution in [-0.2, 0) is 19.0 Å². The normalized spacial score (nSPS) is 17.8. The molecule has 0 aliphatic carbocycles. The molecule has 212 valence electrons. The number of hydrogen-bond acceptors (Lipinski definition) is 10. The van der Waals surface area contributed by atoms with Crippen LogP contribution >= 0.6 is 11.6 Å². The van der Waals surface area contributed by atoms with Crippen molar-refractivity contribution in [3.8, 4) is 0 Å². The number of carbonyl (C=O) groups is 2. The number of ether oxygens (including phenoxy) is 3. The van der Waals surface area contributed by atoms with Crippen molar-refractivity contribution in [3.63, 3.8) is 0 Å². The Hall–Kier alpha value is -2.90. The molecule has 0 saturated carbocycles. The number of hydrogen-bond donors (Lipinski definition) is 3. The number of amides is 2. The minimum absolute atomic E-state index is 0.0683. The van der Waals surface area contributed by atoms with Crippen LogP contribution in [0.4, 0.5) is 15.3 Å². The number of nitrogens with two attached hydrogens (primary N) is 1. The van der Waals surface area contributed by atoms with Crippen molar-refractivity contribution in [1.82, 2.24) is 15.3 Å². The van der Waals surface area contributed by atoms with Gasteiger partial charge in [-0.2, -0.15) is 0 Å². The Morgan fingerprint density at radius 3 is 2.58 bits per heavy atom. The fourth-order valence-electron chi connectivity index (χ4n) is 3.90. The van der Waals surface area contributed by atoms with Crippen LogP contribution in [0.5, 0.6) is 0 Å². The Balaban J connectivity index is 2.13. The molecule has 0 fully saturated rings. The highest BCUT2D eigenvalue weighted by Crippen LogP contribution is 2.32. The van der Waals surface area contributed by atoms with Gasteiger partial charge in [-0.15, -0.1) is 5.48 Å². The first-order valence-electron chi connectivity index (χ1n) is 12.2. The van der Waals surface area contributed by atoms with Crippen LogP contribution in [0.3, 0.4) is 0 Å². The highest BCUT2D eigenvalue weighted by Gasteiger charge is 2.29. The van der Waals surface area contributed by atoms with Crippen molar-refractivity contribution in [3.05, 3.63) is 34.9 Å². The topological polar surface area (TPSA) is 140 Å². The number of halogens is 1. The lowest BCUT2D eigenvalue weighted by Crippen LogP contribution is -2.50. The Morgan fingerprint density at radius 2 is 1.97 bits per heavy atom. The van der Waals surface area contributed by atoms with Gasteiger partial charge in [0.2, 0.25) is 0 Å². The van der Waals surface area contributed by atoms with E-state index in [9.17, 15) is 9.59 Å². The van der Waals surface area contributed by atoms with Gasteiger partial charge in [-0.25, -0.2) is 14.6 Å². The number of rotatable bonds is 13. The quantitative estimate of drug-likeness (QED) is 0.247. The lowest BCUT2D eigenvalue weighted by Gasteiger charge is -2.38. The summed E-state index contributed by atoms with van der Waals surface area (Å²) in [5, 5.41) is 3.15. The second-order valence-electron chi connectivity index (χ2n) is 9.06. The van der Waals surface area contributed by atoms with E-state index in [2.05, 4.69) is 22.6 Å². The Labute approximate surface area is 229 Å². The number of nitrogens with one attached hydrogen (secondary N) is 2. The van der Waals surface area contributed by atoms with Gasteiger partial charge in [-0.3, -0.25) is 10.2 Å². The fraction of sp³-hybridized carbons (Fsp3) is 0.560. The molecule has 0 saturated heterocycles. The maximum absolute atomic E-state index is 11.9. The van der Waals surface area contributed by atoms with Gasteiger partial charge >= 0.3 is 12.2 Å². The van der Waals surface area contributed by atoms with Gasteiger partial charge in [-0.1, -0.05) is 18.5 Å². The number of primary amides is 1. The summed E-state index contributed by atoms with van der Waals surface area (Å²) >= 11 is 6.16. The molecular weight excluding hydrogens is 516 g/mol. The smallest absolute Gasteiger partial charge is 0.423 e. The number of hydroxylamine groups is 1. The molecule has 1 heterocycles. The van der Waals surface area contributed by atoms with Gasteiger partial charge in [-0.05, 0) is 57.5 Å². The standard InChI is InChI=1S/C25H39ClN6O6/c1-15(16(2)30-38-24(27)33)10-11-31(4)23(36-6)14-32-17(3)28-21(13-22(32)35-5)19-9-8-18(26)12-20(19)29-25(34)37-7/h8-9,12-13,15-16,22-23,30H,10-11,14H2,1-7H3,(H2,27,33)(H,29,34). The molecule has 38 heavy (non-hydrogen) atoms. The van der Waals surface area contributed by atoms with E-state index in [1.165, 1.54) is 7.11 Å². The molecule has 0 spiro atoms. The molecule has 13 heteroatoms. The van der Waals surface area contributed by atoms with E-state index in [0.717, 1.165) is 18.8 Å². The predicted molar refractivity (Wildman–Crippen MR) is 147 cm³/mol. The monoisotopic (exact) mass is 554 g/mol. The molecule has 12 nitrogen and oxygen atoms in total. The summed E-state index contributed by atoms with van der Waals surface area (Å²) in [6, 6.07) is 5.09. The molecular formula is C25H39ClN6O6. The van der Waals surface area contributed by atoms with Crippen LogP contribution in [0.2, 0.25) is 5.02 Å². The number of methoxy groups -OCH3 is 3. The summed E-state index contributed by atoms with van der Waals surface area (Å²) in [5.74, 6) is 0.926. The number of likely N-dealkylation sites (N-methyl/N-ethyl adjacent to an activating group) is 1. The van der Waals surface area contributed by atoms with Gasteiger partial charge in [0, 0.05) is 37.4 Å². The summed E-state index contributed by atoms with van der Waals surface area (Å²) in [7, 11) is 6.56. The van der Waals surface area contributed by atoms with Gasteiger partial charge in [0.05, 0.1) is 25.0 Å². The highest BCUT2D eigenvalue weighted by molar-refractivity contribution is 6.31. The molecule has 2 rings (SSSR count). The maximum atomic E-state index is 11.9. The molecule has 0 bridgehead atoms. The van der Waals surface area contributed by atoms with Gasteiger partial charge in [0.15, 0.2) is 6.23 Å². The average Bonchev–Trinajstić information content (AvgIpc) is 2.88. The summed E-state index contributed by atoms with van der Waals surface area (Å²) < 4.78 is 16.3. The van der Waals surface area contributed by atoms with Crippen LogP contribution < -0.4 is 16.5 Å². The van der Waals surface area contributed by atoms with Crippen molar-refractivity contribution in [2.75, 3.05) is 46.8 Å². The zero-order valence-electron chi connectivity index (χ0n) is 23.0. The summed E-state index contributed by atoms with van der Waals surface area (Å²) in [6.45, 7) is 7.11.